The number of oxime groups is 1. The van der Waals surface area contributed by atoms with Crippen LogP contribution < -0.4 is 0 Å². The lowest BCUT2D eigenvalue weighted by Crippen LogP contribution is -2.51. The number of carbonyl (C=O) groups excluding carboxylic acids is 1. The summed E-state index contributed by atoms with van der Waals surface area (Å²) in [5.74, 6) is -1.48. The fourth-order valence-electron chi connectivity index (χ4n) is 2.25. The molecule has 0 saturated carbocycles. The number of carboxylic acid groups (broad SMARTS) is 1. The Morgan fingerprint density at radius 2 is 2.28 bits per heavy atom. The van der Waals surface area contributed by atoms with Crippen LogP contribution in [-0.4, -0.2) is 57.5 Å². The number of β-amino-alcohol motifs (C(OH)–C–C–N with tert-alkyl or cyclic N) is 1. The predicted molar refractivity (Wildman–Crippen MR) is 61.0 cm³/mol. The van der Waals surface area contributed by atoms with Crippen molar-refractivity contribution in [3.05, 3.63) is 0 Å². The first-order chi connectivity index (χ1) is 8.39. The van der Waals surface area contributed by atoms with Crippen molar-refractivity contribution in [1.82, 2.24) is 4.90 Å². The monoisotopic (exact) mass is 256 g/mol. The van der Waals surface area contributed by atoms with Crippen molar-refractivity contribution in [2.75, 3.05) is 13.1 Å². The van der Waals surface area contributed by atoms with Crippen LogP contribution >= 0.6 is 0 Å². The van der Waals surface area contributed by atoms with Crippen LogP contribution in [0.3, 0.4) is 0 Å². The SMILES string of the molecule is CC1(O)CCCN(C(=O)C2CC(C(=O)O)=NO2)C1. The minimum Gasteiger partial charge on any atom is -0.477 e. The number of piperidine rings is 1. The zero-order valence-corrected chi connectivity index (χ0v) is 10.1. The molecule has 100 valence electrons. The highest BCUT2D eigenvalue weighted by Gasteiger charge is 2.38. The topological polar surface area (TPSA) is 99.4 Å². The van der Waals surface area contributed by atoms with Crippen molar-refractivity contribution >= 4 is 17.6 Å². The van der Waals surface area contributed by atoms with Gasteiger partial charge >= 0.3 is 5.97 Å². The van der Waals surface area contributed by atoms with Gasteiger partial charge in [0.05, 0.1) is 5.60 Å². The van der Waals surface area contributed by atoms with E-state index in [1.807, 2.05) is 0 Å². The lowest BCUT2D eigenvalue weighted by Gasteiger charge is -2.37. The van der Waals surface area contributed by atoms with Crippen molar-refractivity contribution in [1.29, 1.82) is 0 Å². The molecule has 2 aliphatic heterocycles. The molecule has 0 aromatic carbocycles. The smallest absolute Gasteiger partial charge is 0.353 e. The van der Waals surface area contributed by atoms with Gasteiger partial charge < -0.3 is 20.0 Å². The third-order valence-corrected chi connectivity index (χ3v) is 3.18. The van der Waals surface area contributed by atoms with Gasteiger partial charge in [-0.05, 0) is 19.8 Å². The summed E-state index contributed by atoms with van der Waals surface area (Å²) < 4.78 is 0. The first kappa shape index (κ1) is 12.8. The summed E-state index contributed by atoms with van der Waals surface area (Å²) in [5.41, 5.74) is -1.03. The van der Waals surface area contributed by atoms with Crippen LogP contribution in [0.15, 0.2) is 5.16 Å². The maximum Gasteiger partial charge on any atom is 0.353 e. The van der Waals surface area contributed by atoms with Crippen LogP contribution in [-0.2, 0) is 14.4 Å². The van der Waals surface area contributed by atoms with Crippen molar-refractivity contribution in [3.63, 3.8) is 0 Å². The molecule has 0 aliphatic carbocycles. The van der Waals surface area contributed by atoms with E-state index in [2.05, 4.69) is 5.16 Å². The first-order valence-corrected chi connectivity index (χ1v) is 5.86. The Morgan fingerprint density at radius 1 is 1.56 bits per heavy atom. The highest BCUT2D eigenvalue weighted by atomic mass is 16.6. The Balaban J connectivity index is 1.95. The zero-order valence-electron chi connectivity index (χ0n) is 10.1. The maximum atomic E-state index is 12.1. The lowest BCUT2D eigenvalue weighted by molar-refractivity contribution is -0.148. The van der Waals surface area contributed by atoms with Crippen LogP contribution in [0.2, 0.25) is 0 Å². The van der Waals surface area contributed by atoms with Crippen molar-refractivity contribution in [2.45, 2.75) is 37.9 Å². The minimum absolute atomic E-state index is 0.0210. The van der Waals surface area contributed by atoms with Crippen LogP contribution in [0.4, 0.5) is 0 Å². The van der Waals surface area contributed by atoms with E-state index in [9.17, 15) is 14.7 Å². The Bertz CT molecular complexity index is 404. The third-order valence-electron chi connectivity index (χ3n) is 3.18. The number of amides is 1. The zero-order chi connectivity index (χ0) is 13.3. The number of hydrogen-bond acceptors (Lipinski definition) is 5. The normalized spacial score (nSPS) is 31.8. The van der Waals surface area contributed by atoms with E-state index in [1.165, 1.54) is 4.90 Å². The van der Waals surface area contributed by atoms with E-state index in [0.29, 0.717) is 13.0 Å². The van der Waals surface area contributed by atoms with E-state index >= 15 is 0 Å². The molecular formula is C11H16N2O5. The van der Waals surface area contributed by atoms with Crippen molar-refractivity contribution < 1.29 is 24.6 Å². The molecule has 2 N–H and O–H groups in total. The van der Waals surface area contributed by atoms with Crippen molar-refractivity contribution in [2.24, 2.45) is 5.16 Å². The van der Waals surface area contributed by atoms with E-state index in [4.69, 9.17) is 9.94 Å². The summed E-state index contributed by atoms with van der Waals surface area (Å²) in [4.78, 5) is 29.1. The molecule has 1 fully saturated rings. The Morgan fingerprint density at radius 3 is 2.83 bits per heavy atom. The summed E-state index contributed by atoms with van der Waals surface area (Å²) >= 11 is 0. The predicted octanol–water partition coefficient (Wildman–Crippen LogP) is -0.411. The molecule has 7 nitrogen and oxygen atoms in total. The number of carbonyl (C=O) groups is 2. The molecule has 1 saturated heterocycles. The highest BCUT2D eigenvalue weighted by Crippen LogP contribution is 2.23. The second-order valence-electron chi connectivity index (χ2n) is 5.00. The number of hydrogen-bond donors (Lipinski definition) is 2. The van der Waals surface area contributed by atoms with Gasteiger partial charge in [0.25, 0.3) is 5.91 Å². The van der Waals surface area contributed by atoms with Crippen LogP contribution in [0, 0.1) is 0 Å². The number of aliphatic carboxylic acids is 1. The summed E-state index contributed by atoms with van der Waals surface area (Å²) in [6.07, 6.45) is 0.481. The van der Waals surface area contributed by atoms with Gasteiger partial charge in [0.1, 0.15) is 0 Å². The molecule has 0 spiro atoms. The van der Waals surface area contributed by atoms with Gasteiger partial charge in [-0.15, -0.1) is 0 Å². The van der Waals surface area contributed by atoms with Gasteiger partial charge in [-0.3, -0.25) is 4.79 Å². The average molecular weight is 256 g/mol. The van der Waals surface area contributed by atoms with Gasteiger partial charge in [0.15, 0.2) is 5.71 Å². The maximum absolute atomic E-state index is 12.1. The summed E-state index contributed by atoms with van der Waals surface area (Å²) in [5, 5.41) is 22.0. The molecule has 1 amide bonds. The summed E-state index contributed by atoms with van der Waals surface area (Å²) in [7, 11) is 0. The first-order valence-electron chi connectivity index (χ1n) is 5.86. The van der Waals surface area contributed by atoms with Gasteiger partial charge in [-0.2, -0.15) is 0 Å². The molecule has 2 heterocycles. The average Bonchev–Trinajstić information content (AvgIpc) is 2.76. The number of likely N-dealkylation sites (tertiary alicyclic amines) is 1. The number of aliphatic hydroxyl groups is 1. The minimum atomic E-state index is -1.17. The highest BCUT2D eigenvalue weighted by molar-refractivity contribution is 6.36. The second kappa shape index (κ2) is 4.56. The fourth-order valence-corrected chi connectivity index (χ4v) is 2.25. The molecule has 2 rings (SSSR count). The Hall–Kier alpha value is -1.63. The van der Waals surface area contributed by atoms with E-state index in [0.717, 1.165) is 6.42 Å². The summed E-state index contributed by atoms with van der Waals surface area (Å²) in [6.45, 7) is 2.48. The van der Waals surface area contributed by atoms with Gasteiger partial charge in [0, 0.05) is 19.5 Å². The van der Waals surface area contributed by atoms with E-state index in [1.54, 1.807) is 6.92 Å². The fraction of sp³-hybridized carbons (Fsp3) is 0.727. The molecule has 2 unspecified atom stereocenters. The number of carboxylic acids is 1. The van der Waals surface area contributed by atoms with Gasteiger partial charge in [-0.25, -0.2) is 4.79 Å². The Kier molecular flexibility index (Phi) is 3.25. The number of rotatable bonds is 2. The summed E-state index contributed by atoms with van der Waals surface area (Å²) in [6, 6.07) is 0. The quantitative estimate of drug-likeness (QED) is 0.699. The molecule has 0 aromatic rings. The van der Waals surface area contributed by atoms with E-state index < -0.39 is 17.7 Å². The van der Waals surface area contributed by atoms with Crippen molar-refractivity contribution in [3.8, 4) is 0 Å². The largest absolute Gasteiger partial charge is 0.477 e. The second-order valence-corrected chi connectivity index (χ2v) is 5.00. The van der Waals surface area contributed by atoms with Crippen LogP contribution in [0.25, 0.3) is 0 Å². The Labute approximate surface area is 104 Å². The molecule has 2 atom stereocenters. The molecule has 2 aliphatic rings. The number of nitrogens with zero attached hydrogens (tertiary/aromatic N) is 2. The van der Waals surface area contributed by atoms with E-state index in [-0.39, 0.29) is 24.6 Å². The van der Waals surface area contributed by atoms with Gasteiger partial charge in [-0.1, -0.05) is 5.16 Å². The molecule has 0 radical (unpaired) electrons. The molecule has 0 bridgehead atoms. The molecule has 18 heavy (non-hydrogen) atoms. The third kappa shape index (κ3) is 2.61. The van der Waals surface area contributed by atoms with Crippen LogP contribution in [0.1, 0.15) is 26.2 Å². The van der Waals surface area contributed by atoms with Crippen LogP contribution in [0.5, 0.6) is 0 Å². The molecule has 7 heteroatoms. The molecular weight excluding hydrogens is 240 g/mol. The van der Waals surface area contributed by atoms with Gasteiger partial charge in [0.2, 0.25) is 6.10 Å². The lowest BCUT2D eigenvalue weighted by atomic mass is 9.94. The standard InChI is InChI=1S/C11H16N2O5/c1-11(17)3-2-4-13(6-11)9(14)8-5-7(10(15)16)12-18-8/h8,17H,2-6H2,1H3,(H,15,16). The molecule has 0 aromatic heterocycles.